The van der Waals surface area contributed by atoms with Gasteiger partial charge in [-0.1, -0.05) is 6.07 Å². The minimum atomic E-state index is -1.04. The third-order valence-corrected chi connectivity index (χ3v) is 2.40. The highest BCUT2D eigenvalue weighted by Gasteiger charge is 2.22. The van der Waals surface area contributed by atoms with Gasteiger partial charge in [0.15, 0.2) is 11.5 Å². The first kappa shape index (κ1) is 11.8. The first-order chi connectivity index (χ1) is 7.05. The van der Waals surface area contributed by atoms with Crippen LogP contribution in [0.2, 0.25) is 0 Å². The third-order valence-electron chi connectivity index (χ3n) is 2.40. The molecule has 0 heterocycles. The van der Waals surface area contributed by atoms with Gasteiger partial charge in [0, 0.05) is 6.54 Å². The van der Waals surface area contributed by atoms with Crippen LogP contribution >= 0.6 is 0 Å². The van der Waals surface area contributed by atoms with Crippen LogP contribution < -0.4 is 15.2 Å². The summed E-state index contributed by atoms with van der Waals surface area (Å²) < 4.78 is 10.2. The molecule has 0 saturated carbocycles. The second kappa shape index (κ2) is 4.51. The number of ether oxygens (including phenoxy) is 2. The molecule has 1 atom stereocenters. The molecule has 4 nitrogen and oxygen atoms in total. The Morgan fingerprint density at radius 1 is 1.27 bits per heavy atom. The standard InChI is InChI=1S/C11H17NO3/c1-11(13,7-12)8-4-5-9(14-2)10(6-8)15-3/h4-6,13H,7,12H2,1-3H3/t11-/m0/s1. The molecule has 1 aromatic carbocycles. The Bertz CT molecular complexity index is 337. The van der Waals surface area contributed by atoms with Crippen molar-refractivity contribution in [2.75, 3.05) is 20.8 Å². The second-order valence-electron chi connectivity index (χ2n) is 3.55. The van der Waals surface area contributed by atoms with Crippen LogP contribution in [0, 0.1) is 0 Å². The number of hydrogen-bond donors (Lipinski definition) is 2. The monoisotopic (exact) mass is 211 g/mol. The Morgan fingerprint density at radius 2 is 1.87 bits per heavy atom. The van der Waals surface area contributed by atoms with Crippen LogP contribution in [0.4, 0.5) is 0 Å². The molecule has 0 saturated heterocycles. The normalized spacial score (nSPS) is 14.5. The van der Waals surface area contributed by atoms with E-state index in [0.717, 1.165) is 0 Å². The predicted octanol–water partition coefficient (Wildman–Crippen LogP) is 0.870. The maximum Gasteiger partial charge on any atom is 0.161 e. The summed E-state index contributed by atoms with van der Waals surface area (Å²) in [5, 5.41) is 9.96. The molecule has 0 aliphatic rings. The number of methoxy groups -OCH3 is 2. The van der Waals surface area contributed by atoms with Crippen LogP contribution in [0.3, 0.4) is 0 Å². The zero-order chi connectivity index (χ0) is 11.5. The molecule has 0 aliphatic carbocycles. The largest absolute Gasteiger partial charge is 0.493 e. The van der Waals surface area contributed by atoms with E-state index in [9.17, 15) is 5.11 Å². The molecule has 0 aliphatic heterocycles. The number of aliphatic hydroxyl groups is 1. The molecular formula is C11H17NO3. The zero-order valence-electron chi connectivity index (χ0n) is 9.28. The van der Waals surface area contributed by atoms with Gasteiger partial charge in [-0.3, -0.25) is 0 Å². The molecule has 1 aromatic rings. The van der Waals surface area contributed by atoms with Gasteiger partial charge in [0.25, 0.3) is 0 Å². The highest BCUT2D eigenvalue weighted by molar-refractivity contribution is 5.44. The van der Waals surface area contributed by atoms with Crippen molar-refractivity contribution in [3.8, 4) is 11.5 Å². The van der Waals surface area contributed by atoms with Gasteiger partial charge in [0.05, 0.1) is 19.8 Å². The first-order valence-corrected chi connectivity index (χ1v) is 4.70. The number of nitrogens with two attached hydrogens (primary N) is 1. The van der Waals surface area contributed by atoms with Gasteiger partial charge in [-0.05, 0) is 24.6 Å². The predicted molar refractivity (Wildman–Crippen MR) is 58.2 cm³/mol. The van der Waals surface area contributed by atoms with Gasteiger partial charge in [-0.15, -0.1) is 0 Å². The fourth-order valence-electron chi connectivity index (χ4n) is 1.29. The van der Waals surface area contributed by atoms with Crippen molar-refractivity contribution in [2.45, 2.75) is 12.5 Å². The Kier molecular flexibility index (Phi) is 3.55. The van der Waals surface area contributed by atoms with Gasteiger partial charge in [-0.25, -0.2) is 0 Å². The molecule has 3 N–H and O–H groups in total. The van der Waals surface area contributed by atoms with Crippen LogP contribution in [-0.4, -0.2) is 25.9 Å². The number of rotatable bonds is 4. The molecule has 1 rings (SSSR count). The lowest BCUT2D eigenvalue weighted by Gasteiger charge is -2.22. The lowest BCUT2D eigenvalue weighted by atomic mass is 9.96. The molecule has 0 spiro atoms. The summed E-state index contributed by atoms with van der Waals surface area (Å²) in [5.41, 5.74) is 5.15. The average Bonchev–Trinajstić information content (AvgIpc) is 2.28. The van der Waals surface area contributed by atoms with Crippen molar-refractivity contribution < 1.29 is 14.6 Å². The molecule has 15 heavy (non-hydrogen) atoms. The third kappa shape index (κ3) is 2.40. The summed E-state index contributed by atoms with van der Waals surface area (Å²) in [6.07, 6.45) is 0. The van der Waals surface area contributed by atoms with Crippen molar-refractivity contribution in [1.82, 2.24) is 0 Å². The number of benzene rings is 1. The Balaban J connectivity index is 3.13. The molecule has 0 aromatic heterocycles. The first-order valence-electron chi connectivity index (χ1n) is 4.70. The van der Waals surface area contributed by atoms with E-state index in [2.05, 4.69) is 0 Å². The van der Waals surface area contributed by atoms with Crippen LogP contribution in [-0.2, 0) is 5.60 Å². The van der Waals surface area contributed by atoms with E-state index in [1.54, 1.807) is 39.3 Å². The molecule has 84 valence electrons. The van der Waals surface area contributed by atoms with Gasteiger partial charge in [0.1, 0.15) is 0 Å². The van der Waals surface area contributed by atoms with Crippen molar-refractivity contribution >= 4 is 0 Å². The lowest BCUT2D eigenvalue weighted by molar-refractivity contribution is 0.0665. The molecule has 0 amide bonds. The minimum absolute atomic E-state index is 0.155. The topological polar surface area (TPSA) is 64.7 Å². The summed E-state index contributed by atoms with van der Waals surface area (Å²) in [6, 6.07) is 5.25. The summed E-state index contributed by atoms with van der Waals surface area (Å²) in [4.78, 5) is 0. The van der Waals surface area contributed by atoms with Gasteiger partial charge in [0.2, 0.25) is 0 Å². The second-order valence-corrected chi connectivity index (χ2v) is 3.55. The lowest BCUT2D eigenvalue weighted by Crippen LogP contribution is -2.31. The van der Waals surface area contributed by atoms with Crippen molar-refractivity contribution in [3.63, 3.8) is 0 Å². The highest BCUT2D eigenvalue weighted by Crippen LogP contribution is 2.31. The van der Waals surface area contributed by atoms with E-state index < -0.39 is 5.60 Å². The molecular weight excluding hydrogens is 194 g/mol. The highest BCUT2D eigenvalue weighted by atomic mass is 16.5. The van der Waals surface area contributed by atoms with Gasteiger partial charge in [-0.2, -0.15) is 0 Å². The van der Waals surface area contributed by atoms with E-state index in [4.69, 9.17) is 15.2 Å². The van der Waals surface area contributed by atoms with E-state index in [0.29, 0.717) is 17.1 Å². The van der Waals surface area contributed by atoms with Crippen LogP contribution in [0.15, 0.2) is 18.2 Å². The maximum atomic E-state index is 9.96. The van der Waals surface area contributed by atoms with Crippen LogP contribution in [0.1, 0.15) is 12.5 Å². The van der Waals surface area contributed by atoms with E-state index in [-0.39, 0.29) is 6.54 Å². The fourth-order valence-corrected chi connectivity index (χ4v) is 1.29. The van der Waals surface area contributed by atoms with E-state index in [1.165, 1.54) is 0 Å². The molecule has 0 radical (unpaired) electrons. The van der Waals surface area contributed by atoms with Crippen molar-refractivity contribution in [3.05, 3.63) is 23.8 Å². The molecule has 0 fully saturated rings. The molecule has 0 bridgehead atoms. The van der Waals surface area contributed by atoms with Gasteiger partial charge >= 0.3 is 0 Å². The van der Waals surface area contributed by atoms with Crippen LogP contribution in [0.5, 0.6) is 11.5 Å². The fraction of sp³-hybridized carbons (Fsp3) is 0.455. The summed E-state index contributed by atoms with van der Waals surface area (Å²) in [5.74, 6) is 1.22. The number of hydrogen-bond acceptors (Lipinski definition) is 4. The maximum absolute atomic E-state index is 9.96. The van der Waals surface area contributed by atoms with Crippen molar-refractivity contribution in [1.29, 1.82) is 0 Å². The van der Waals surface area contributed by atoms with E-state index >= 15 is 0 Å². The van der Waals surface area contributed by atoms with E-state index in [1.807, 2.05) is 0 Å². The average molecular weight is 211 g/mol. The molecule has 0 unspecified atom stereocenters. The van der Waals surface area contributed by atoms with Gasteiger partial charge < -0.3 is 20.3 Å². The summed E-state index contributed by atoms with van der Waals surface area (Å²) >= 11 is 0. The van der Waals surface area contributed by atoms with Crippen LogP contribution in [0.25, 0.3) is 0 Å². The summed E-state index contributed by atoms with van der Waals surface area (Å²) in [7, 11) is 3.12. The SMILES string of the molecule is COc1ccc([C@@](C)(O)CN)cc1OC. The minimum Gasteiger partial charge on any atom is -0.493 e. The Morgan fingerprint density at radius 3 is 2.33 bits per heavy atom. The zero-order valence-corrected chi connectivity index (χ0v) is 9.28. The smallest absolute Gasteiger partial charge is 0.161 e. The Hall–Kier alpha value is -1.26. The molecule has 4 heteroatoms. The quantitative estimate of drug-likeness (QED) is 0.775. The Labute approximate surface area is 89.6 Å². The summed E-state index contributed by atoms with van der Waals surface area (Å²) in [6.45, 7) is 1.82. The van der Waals surface area contributed by atoms with Crippen molar-refractivity contribution in [2.24, 2.45) is 5.73 Å².